The Balaban J connectivity index is 1.69. The van der Waals surface area contributed by atoms with Crippen molar-refractivity contribution in [3.05, 3.63) is 65.9 Å². The van der Waals surface area contributed by atoms with Gasteiger partial charge in [0, 0.05) is 28.4 Å². The van der Waals surface area contributed by atoms with Crippen LogP contribution in [0.15, 0.2) is 53.5 Å². The Morgan fingerprint density at radius 3 is 2.96 bits per heavy atom. The summed E-state index contributed by atoms with van der Waals surface area (Å²) in [4.78, 5) is 16.9. The van der Waals surface area contributed by atoms with Gasteiger partial charge in [0.1, 0.15) is 11.4 Å². The van der Waals surface area contributed by atoms with E-state index in [0.717, 1.165) is 22.2 Å². The van der Waals surface area contributed by atoms with Gasteiger partial charge in [-0.2, -0.15) is 10.4 Å². The number of nitrogens with one attached hydrogen (secondary N) is 2. The molecule has 0 fully saturated rings. The van der Waals surface area contributed by atoms with Crippen molar-refractivity contribution in [2.45, 2.75) is 13.3 Å². The molecular weight excluding hydrogens is 342 g/mol. The number of benzene rings is 1. The van der Waals surface area contributed by atoms with Crippen molar-refractivity contribution in [3.63, 3.8) is 0 Å². The number of hydrogen-bond donors (Lipinski definition) is 2. The second kappa shape index (κ2) is 6.77. The number of H-pyrrole nitrogens is 1. The van der Waals surface area contributed by atoms with Crippen LogP contribution in [0.25, 0.3) is 22.2 Å². The summed E-state index contributed by atoms with van der Waals surface area (Å²) in [5, 5.41) is 20.3. The lowest BCUT2D eigenvalue weighted by molar-refractivity contribution is 0.102. The van der Waals surface area contributed by atoms with Crippen molar-refractivity contribution in [3.8, 4) is 17.3 Å². The van der Waals surface area contributed by atoms with Gasteiger partial charge >= 0.3 is 0 Å². The van der Waals surface area contributed by atoms with Crippen molar-refractivity contribution in [2.75, 3.05) is 5.32 Å². The van der Waals surface area contributed by atoms with Crippen LogP contribution in [0.3, 0.4) is 0 Å². The highest BCUT2D eigenvalue weighted by Gasteiger charge is 2.16. The topological polar surface area (TPSA) is 108 Å². The minimum atomic E-state index is -0.350. The second-order valence-electron chi connectivity index (χ2n) is 5.95. The number of anilines is 1. The third-order valence-corrected chi connectivity index (χ3v) is 4.36. The summed E-state index contributed by atoms with van der Waals surface area (Å²) in [6.45, 7) is 1.89. The molecule has 0 saturated heterocycles. The average Bonchev–Trinajstić information content (AvgIpc) is 3.36. The van der Waals surface area contributed by atoms with Gasteiger partial charge in [0.25, 0.3) is 5.91 Å². The Bertz CT molecular complexity index is 1170. The van der Waals surface area contributed by atoms with Gasteiger partial charge in [0.2, 0.25) is 0 Å². The number of nitrogens with zero attached hydrogens (tertiary/aromatic N) is 3. The third kappa shape index (κ3) is 2.93. The van der Waals surface area contributed by atoms with E-state index in [4.69, 9.17) is 4.42 Å². The molecule has 132 valence electrons. The first-order valence-corrected chi connectivity index (χ1v) is 8.41. The molecule has 1 aromatic carbocycles. The van der Waals surface area contributed by atoms with Crippen LogP contribution >= 0.6 is 0 Å². The fourth-order valence-corrected chi connectivity index (χ4v) is 3.05. The molecule has 0 aliphatic carbocycles. The van der Waals surface area contributed by atoms with Gasteiger partial charge < -0.3 is 9.73 Å². The van der Waals surface area contributed by atoms with Crippen LogP contribution in [0.1, 0.15) is 28.5 Å². The zero-order valence-corrected chi connectivity index (χ0v) is 14.5. The maximum atomic E-state index is 12.7. The van der Waals surface area contributed by atoms with Gasteiger partial charge in [-0.25, -0.2) is 0 Å². The van der Waals surface area contributed by atoms with Crippen LogP contribution in [0.2, 0.25) is 0 Å². The molecule has 0 aliphatic rings. The molecule has 3 aromatic heterocycles. The number of aromatic nitrogens is 3. The van der Waals surface area contributed by atoms with Crippen LogP contribution < -0.4 is 5.32 Å². The Labute approximate surface area is 154 Å². The van der Waals surface area contributed by atoms with Gasteiger partial charge in [-0.3, -0.25) is 14.9 Å². The summed E-state index contributed by atoms with van der Waals surface area (Å²) in [5.41, 5.74) is 4.42. The molecule has 0 aliphatic heterocycles. The lowest BCUT2D eigenvalue weighted by atomic mass is 10.0. The summed E-state index contributed by atoms with van der Waals surface area (Å²) in [6.07, 6.45) is 5.22. The molecule has 0 spiro atoms. The SMILES string of the molecule is CCc1c(C#N)ccnc1C(=O)Nc1ccc2[nH]nc(-c3ccoc3)c2c1. The average molecular weight is 357 g/mol. The molecule has 3 heterocycles. The van der Waals surface area contributed by atoms with Crippen LogP contribution in [0, 0.1) is 11.3 Å². The molecule has 7 nitrogen and oxygen atoms in total. The summed E-state index contributed by atoms with van der Waals surface area (Å²) in [7, 11) is 0. The fourth-order valence-electron chi connectivity index (χ4n) is 3.05. The van der Waals surface area contributed by atoms with Gasteiger partial charge in [0.15, 0.2) is 0 Å². The number of furan rings is 1. The summed E-state index contributed by atoms with van der Waals surface area (Å²) in [6, 6.07) is 11.0. The third-order valence-electron chi connectivity index (χ3n) is 4.36. The first kappa shape index (κ1) is 16.5. The minimum Gasteiger partial charge on any atom is -0.472 e. The van der Waals surface area contributed by atoms with Crippen molar-refractivity contribution >= 4 is 22.5 Å². The molecule has 4 aromatic rings. The van der Waals surface area contributed by atoms with E-state index in [1.807, 2.05) is 25.1 Å². The number of carbonyl (C=O) groups excluding carboxylic acids is 1. The van der Waals surface area contributed by atoms with Crippen LogP contribution in [-0.4, -0.2) is 21.1 Å². The van der Waals surface area contributed by atoms with Gasteiger partial charge in [-0.1, -0.05) is 6.92 Å². The first-order valence-electron chi connectivity index (χ1n) is 8.41. The van der Waals surface area contributed by atoms with Gasteiger partial charge in [0.05, 0.1) is 29.7 Å². The van der Waals surface area contributed by atoms with Crippen LogP contribution in [0.4, 0.5) is 5.69 Å². The van der Waals surface area contributed by atoms with Crippen LogP contribution in [0.5, 0.6) is 0 Å². The molecule has 0 bridgehead atoms. The first-order chi connectivity index (χ1) is 13.2. The number of rotatable bonds is 4. The summed E-state index contributed by atoms with van der Waals surface area (Å²) < 4.78 is 5.13. The number of hydrogen-bond acceptors (Lipinski definition) is 5. The molecule has 2 N–H and O–H groups in total. The Hall–Kier alpha value is -3.92. The fraction of sp³-hybridized carbons (Fsp3) is 0.100. The second-order valence-corrected chi connectivity index (χ2v) is 5.95. The number of amides is 1. The molecule has 27 heavy (non-hydrogen) atoms. The number of aromatic amines is 1. The van der Waals surface area contributed by atoms with E-state index in [1.54, 1.807) is 24.7 Å². The maximum Gasteiger partial charge on any atom is 0.274 e. The standard InChI is InChI=1S/C20H15N5O2/c1-2-15-12(10-21)5-7-22-19(15)20(26)23-14-3-4-17-16(9-14)18(25-24-17)13-6-8-27-11-13/h3-9,11H,2H2,1H3,(H,23,26)(H,24,25). The largest absolute Gasteiger partial charge is 0.472 e. The van der Waals surface area contributed by atoms with Crippen molar-refractivity contribution in [2.24, 2.45) is 0 Å². The highest BCUT2D eigenvalue weighted by Crippen LogP contribution is 2.29. The number of fused-ring (bicyclic) bond motifs is 1. The monoisotopic (exact) mass is 357 g/mol. The molecule has 1 amide bonds. The van der Waals surface area contributed by atoms with E-state index >= 15 is 0 Å². The molecular formula is C20H15N5O2. The highest BCUT2D eigenvalue weighted by molar-refractivity contribution is 6.05. The molecule has 7 heteroatoms. The molecule has 4 rings (SSSR count). The van der Waals surface area contributed by atoms with E-state index < -0.39 is 0 Å². The van der Waals surface area contributed by atoms with Gasteiger partial charge in [-0.05, 0) is 36.8 Å². The van der Waals surface area contributed by atoms with Crippen molar-refractivity contribution < 1.29 is 9.21 Å². The van der Waals surface area contributed by atoms with E-state index in [9.17, 15) is 10.1 Å². The number of pyridine rings is 1. The van der Waals surface area contributed by atoms with E-state index in [-0.39, 0.29) is 11.6 Å². The quantitative estimate of drug-likeness (QED) is 0.576. The summed E-state index contributed by atoms with van der Waals surface area (Å²) >= 11 is 0. The number of carbonyl (C=O) groups is 1. The zero-order chi connectivity index (χ0) is 18.8. The highest BCUT2D eigenvalue weighted by atomic mass is 16.3. The molecule has 0 radical (unpaired) electrons. The lowest BCUT2D eigenvalue weighted by Crippen LogP contribution is -2.16. The number of nitriles is 1. The predicted octanol–water partition coefficient (Wildman–Crippen LogP) is 3.90. The lowest BCUT2D eigenvalue weighted by Gasteiger charge is -2.09. The van der Waals surface area contributed by atoms with Crippen LogP contribution in [-0.2, 0) is 6.42 Å². The van der Waals surface area contributed by atoms with Crippen molar-refractivity contribution in [1.29, 1.82) is 5.26 Å². The predicted molar refractivity (Wildman–Crippen MR) is 100 cm³/mol. The molecule has 0 unspecified atom stereocenters. The van der Waals surface area contributed by atoms with Crippen molar-refractivity contribution in [1.82, 2.24) is 15.2 Å². The Morgan fingerprint density at radius 1 is 1.33 bits per heavy atom. The Kier molecular flexibility index (Phi) is 4.15. The van der Waals surface area contributed by atoms with E-state index in [1.165, 1.54) is 6.20 Å². The van der Waals surface area contributed by atoms with E-state index in [0.29, 0.717) is 23.2 Å². The molecule has 0 saturated carbocycles. The zero-order valence-electron chi connectivity index (χ0n) is 14.5. The molecule has 0 atom stereocenters. The van der Waals surface area contributed by atoms with Gasteiger partial charge in [-0.15, -0.1) is 0 Å². The maximum absolute atomic E-state index is 12.7. The smallest absolute Gasteiger partial charge is 0.274 e. The summed E-state index contributed by atoms with van der Waals surface area (Å²) in [5.74, 6) is -0.350. The van der Waals surface area contributed by atoms with E-state index in [2.05, 4.69) is 26.6 Å². The normalized spacial score (nSPS) is 10.7. The minimum absolute atomic E-state index is 0.263. The Morgan fingerprint density at radius 2 is 2.22 bits per heavy atom.